The highest BCUT2D eigenvalue weighted by molar-refractivity contribution is 7.89. The summed E-state index contributed by atoms with van der Waals surface area (Å²) < 4.78 is 30.9. The van der Waals surface area contributed by atoms with E-state index in [0.29, 0.717) is 4.88 Å². The lowest BCUT2D eigenvalue weighted by Gasteiger charge is -2.14. The van der Waals surface area contributed by atoms with Crippen molar-refractivity contribution < 1.29 is 27.9 Å². The third-order valence-electron chi connectivity index (χ3n) is 2.75. The molecule has 21 heavy (non-hydrogen) atoms. The number of methoxy groups -OCH3 is 1. The lowest BCUT2D eigenvalue weighted by Crippen LogP contribution is -2.41. The summed E-state index contributed by atoms with van der Waals surface area (Å²) in [6.45, 7) is 3.42. The van der Waals surface area contributed by atoms with E-state index in [1.807, 2.05) is 0 Å². The Bertz CT molecular complexity index is 634. The smallest absolute Gasteiger partial charge is 0.321 e. The van der Waals surface area contributed by atoms with Gasteiger partial charge in [-0.25, -0.2) is 8.42 Å². The van der Waals surface area contributed by atoms with Crippen LogP contribution in [0.5, 0.6) is 0 Å². The predicted molar refractivity (Wildman–Crippen MR) is 76.8 cm³/mol. The van der Waals surface area contributed by atoms with Crippen molar-refractivity contribution in [2.24, 2.45) is 0 Å². The molecule has 0 amide bonds. The molecule has 0 fully saturated rings. The first-order valence-electron chi connectivity index (χ1n) is 6.06. The fourth-order valence-corrected chi connectivity index (χ4v) is 4.50. The predicted octanol–water partition coefficient (Wildman–Crippen LogP) is 1.05. The van der Waals surface area contributed by atoms with Crippen LogP contribution in [0.3, 0.4) is 0 Å². The maximum atomic E-state index is 12.2. The molecule has 2 N–H and O–H groups in total. The second-order valence-electron chi connectivity index (χ2n) is 4.40. The van der Waals surface area contributed by atoms with Gasteiger partial charge in [0, 0.05) is 16.2 Å². The van der Waals surface area contributed by atoms with Crippen molar-refractivity contribution in [2.75, 3.05) is 7.11 Å². The molecule has 0 unspecified atom stereocenters. The number of ether oxygens (including phenoxy) is 1. The molecule has 1 aromatic heterocycles. The number of sulfonamides is 1. The fraction of sp³-hybridized carbons (Fsp3) is 0.500. The van der Waals surface area contributed by atoms with Gasteiger partial charge in [-0.15, -0.1) is 11.3 Å². The number of nitrogens with one attached hydrogen (secondary N) is 1. The standard InChI is InChI=1S/C12H17NO6S2/c1-7-6-10(8(2)20-7)21(17,18)13-9(12(15)16)4-5-11(14)19-3/h6,9,13H,4-5H2,1-3H3,(H,15,16)/t9-/m0/s1. The average molecular weight is 335 g/mol. The number of hydrogen-bond acceptors (Lipinski definition) is 6. The Morgan fingerprint density at radius 3 is 2.48 bits per heavy atom. The number of carboxylic acid groups (broad SMARTS) is 1. The van der Waals surface area contributed by atoms with Crippen LogP contribution < -0.4 is 4.72 Å². The van der Waals surface area contributed by atoms with Crippen molar-refractivity contribution in [1.29, 1.82) is 0 Å². The number of esters is 1. The molecule has 1 atom stereocenters. The molecule has 0 aromatic carbocycles. The van der Waals surface area contributed by atoms with Gasteiger partial charge in [-0.2, -0.15) is 4.72 Å². The van der Waals surface area contributed by atoms with E-state index in [2.05, 4.69) is 9.46 Å². The summed E-state index contributed by atoms with van der Waals surface area (Å²) in [6.07, 6.45) is -0.360. The first-order chi connectivity index (χ1) is 9.67. The molecule has 0 radical (unpaired) electrons. The zero-order valence-corrected chi connectivity index (χ0v) is 13.5. The number of carbonyl (C=O) groups is 2. The summed E-state index contributed by atoms with van der Waals surface area (Å²) in [5, 5.41) is 9.07. The second kappa shape index (κ2) is 7.01. The summed E-state index contributed by atoms with van der Waals surface area (Å²) in [6, 6.07) is 0.107. The van der Waals surface area contributed by atoms with Crippen LogP contribution >= 0.6 is 11.3 Å². The van der Waals surface area contributed by atoms with Crippen LogP contribution in [0.25, 0.3) is 0 Å². The van der Waals surface area contributed by atoms with Crippen molar-refractivity contribution in [1.82, 2.24) is 4.72 Å². The topological polar surface area (TPSA) is 110 Å². The molecule has 0 bridgehead atoms. The van der Waals surface area contributed by atoms with Crippen LogP contribution in [-0.2, 0) is 24.3 Å². The molecule has 1 aromatic rings. The molecule has 9 heteroatoms. The van der Waals surface area contributed by atoms with E-state index in [0.717, 1.165) is 4.88 Å². The molecule has 1 rings (SSSR count). The Balaban J connectivity index is 2.90. The lowest BCUT2D eigenvalue weighted by atomic mass is 10.2. The molecule has 0 saturated carbocycles. The van der Waals surface area contributed by atoms with Gasteiger partial charge in [0.25, 0.3) is 0 Å². The maximum absolute atomic E-state index is 12.2. The van der Waals surface area contributed by atoms with Gasteiger partial charge < -0.3 is 9.84 Å². The zero-order valence-electron chi connectivity index (χ0n) is 11.9. The van der Waals surface area contributed by atoms with E-state index in [1.54, 1.807) is 13.8 Å². The number of hydrogen-bond donors (Lipinski definition) is 2. The van der Waals surface area contributed by atoms with Gasteiger partial charge in [0.15, 0.2) is 0 Å². The SMILES string of the molecule is COC(=O)CC[C@H](NS(=O)(=O)c1cc(C)sc1C)C(=O)O. The third-order valence-corrected chi connectivity index (χ3v) is 5.44. The van der Waals surface area contributed by atoms with Gasteiger partial charge >= 0.3 is 11.9 Å². The first kappa shape index (κ1) is 17.6. The summed E-state index contributed by atoms with van der Waals surface area (Å²) in [7, 11) is -2.76. The number of thiophene rings is 1. The summed E-state index contributed by atoms with van der Waals surface area (Å²) in [5.41, 5.74) is 0. The lowest BCUT2D eigenvalue weighted by molar-refractivity contribution is -0.142. The van der Waals surface area contributed by atoms with Crippen LogP contribution in [0.15, 0.2) is 11.0 Å². The molecular formula is C12H17NO6S2. The van der Waals surface area contributed by atoms with E-state index in [-0.39, 0.29) is 17.7 Å². The first-order valence-corrected chi connectivity index (χ1v) is 8.36. The monoisotopic (exact) mass is 335 g/mol. The molecule has 0 aliphatic heterocycles. The third kappa shape index (κ3) is 4.80. The van der Waals surface area contributed by atoms with Gasteiger partial charge in [-0.05, 0) is 26.3 Å². The van der Waals surface area contributed by atoms with Crippen molar-refractivity contribution in [2.45, 2.75) is 37.6 Å². The van der Waals surface area contributed by atoms with Gasteiger partial charge in [0.1, 0.15) is 6.04 Å². The molecule has 7 nitrogen and oxygen atoms in total. The van der Waals surface area contributed by atoms with Crippen LogP contribution in [0.1, 0.15) is 22.6 Å². The zero-order chi connectivity index (χ0) is 16.2. The van der Waals surface area contributed by atoms with Crippen LogP contribution in [0.4, 0.5) is 0 Å². The van der Waals surface area contributed by atoms with Crippen molar-refractivity contribution in [3.8, 4) is 0 Å². The Labute approximate surface area is 127 Å². The quantitative estimate of drug-likeness (QED) is 0.721. The number of rotatable bonds is 7. The van der Waals surface area contributed by atoms with E-state index in [4.69, 9.17) is 5.11 Å². The molecule has 0 spiro atoms. The Morgan fingerprint density at radius 2 is 2.05 bits per heavy atom. The highest BCUT2D eigenvalue weighted by atomic mass is 32.2. The normalized spacial score (nSPS) is 12.9. The minimum Gasteiger partial charge on any atom is -0.480 e. The average Bonchev–Trinajstić information content (AvgIpc) is 2.73. The highest BCUT2D eigenvalue weighted by Gasteiger charge is 2.27. The molecule has 0 saturated heterocycles. The van der Waals surface area contributed by atoms with E-state index >= 15 is 0 Å². The van der Waals surface area contributed by atoms with E-state index in [1.165, 1.54) is 24.5 Å². The van der Waals surface area contributed by atoms with Gasteiger partial charge in [-0.1, -0.05) is 0 Å². The molecule has 0 aliphatic carbocycles. The number of aliphatic carboxylic acids is 1. The van der Waals surface area contributed by atoms with Crippen LogP contribution in [-0.4, -0.2) is 38.6 Å². The van der Waals surface area contributed by atoms with Gasteiger partial charge in [-0.3, -0.25) is 9.59 Å². The highest BCUT2D eigenvalue weighted by Crippen LogP contribution is 2.25. The summed E-state index contributed by atoms with van der Waals surface area (Å²) in [4.78, 5) is 23.6. The van der Waals surface area contributed by atoms with Gasteiger partial charge in [0.05, 0.1) is 12.0 Å². The molecule has 0 aliphatic rings. The molecular weight excluding hydrogens is 318 g/mol. The second-order valence-corrected chi connectivity index (χ2v) is 7.55. The largest absolute Gasteiger partial charge is 0.480 e. The van der Waals surface area contributed by atoms with Gasteiger partial charge in [0.2, 0.25) is 10.0 Å². The Kier molecular flexibility index (Phi) is 5.87. The van der Waals surface area contributed by atoms with Crippen LogP contribution in [0, 0.1) is 13.8 Å². The number of carbonyl (C=O) groups excluding carboxylic acids is 1. The fourth-order valence-electron chi connectivity index (χ4n) is 1.72. The maximum Gasteiger partial charge on any atom is 0.321 e. The van der Waals surface area contributed by atoms with Crippen molar-refractivity contribution >= 4 is 33.3 Å². The number of aryl methyl sites for hydroxylation is 2. The Morgan fingerprint density at radius 1 is 1.43 bits per heavy atom. The minimum atomic E-state index is -3.94. The summed E-state index contributed by atoms with van der Waals surface area (Å²) >= 11 is 1.31. The van der Waals surface area contributed by atoms with E-state index in [9.17, 15) is 18.0 Å². The Hall–Kier alpha value is -1.45. The molecule has 118 valence electrons. The minimum absolute atomic E-state index is 0.0642. The molecule has 1 heterocycles. The van der Waals surface area contributed by atoms with Crippen LogP contribution in [0.2, 0.25) is 0 Å². The van der Waals surface area contributed by atoms with Crippen molar-refractivity contribution in [3.05, 3.63) is 15.8 Å². The number of carboxylic acids is 1. The summed E-state index contributed by atoms with van der Waals surface area (Å²) in [5.74, 6) is -1.94. The van der Waals surface area contributed by atoms with E-state index < -0.39 is 28.0 Å². The van der Waals surface area contributed by atoms with Crippen molar-refractivity contribution in [3.63, 3.8) is 0 Å².